The largest absolute Gasteiger partial charge is 0.481 e. The smallest absolute Gasteiger partial charge is 0.310 e. The first-order valence-corrected chi connectivity index (χ1v) is 7.53. The molecule has 5 heteroatoms. The van der Waals surface area contributed by atoms with Crippen LogP contribution in [-0.2, 0) is 20.7 Å². The van der Waals surface area contributed by atoms with Crippen LogP contribution in [0.1, 0.15) is 5.56 Å². The fourth-order valence-electron chi connectivity index (χ4n) is 3.96. The number of carboxylic acid groups (broad SMARTS) is 1. The van der Waals surface area contributed by atoms with E-state index in [-0.39, 0.29) is 5.91 Å². The van der Waals surface area contributed by atoms with Gasteiger partial charge in [0.25, 0.3) is 0 Å². The Morgan fingerprint density at radius 1 is 1.36 bits per heavy atom. The van der Waals surface area contributed by atoms with E-state index in [1.54, 1.807) is 11.0 Å². The van der Waals surface area contributed by atoms with Crippen LogP contribution in [0.5, 0.6) is 0 Å². The van der Waals surface area contributed by atoms with E-state index in [9.17, 15) is 14.7 Å². The maximum Gasteiger partial charge on any atom is 0.310 e. The van der Waals surface area contributed by atoms with Gasteiger partial charge in [0.2, 0.25) is 5.91 Å². The number of carbonyl (C=O) groups is 2. The molecule has 3 heterocycles. The molecule has 114 valence electrons. The molecule has 0 unspecified atom stereocenters. The van der Waals surface area contributed by atoms with E-state index in [1.165, 1.54) is 5.56 Å². The molecule has 0 radical (unpaired) electrons. The van der Waals surface area contributed by atoms with Crippen molar-refractivity contribution in [2.24, 2.45) is 11.8 Å². The number of hydrogen-bond acceptors (Lipinski definition) is 3. The summed E-state index contributed by atoms with van der Waals surface area (Å²) in [5, 5.41) is 9.41. The number of fused-ring (bicyclic) bond motifs is 1. The Kier molecular flexibility index (Phi) is 2.87. The van der Waals surface area contributed by atoms with Crippen LogP contribution in [0.15, 0.2) is 42.5 Å². The molecule has 3 aliphatic heterocycles. The lowest BCUT2D eigenvalue weighted by Crippen LogP contribution is -2.39. The Morgan fingerprint density at radius 2 is 2.14 bits per heavy atom. The predicted molar refractivity (Wildman–Crippen MR) is 78.1 cm³/mol. The van der Waals surface area contributed by atoms with E-state index in [4.69, 9.17) is 4.74 Å². The van der Waals surface area contributed by atoms with Crippen LogP contribution in [0.25, 0.3) is 0 Å². The normalized spacial score (nSPS) is 35.2. The summed E-state index contributed by atoms with van der Waals surface area (Å²) in [6.07, 6.45) is 3.99. The molecule has 1 spiro atoms. The Bertz CT molecular complexity index is 656. The van der Waals surface area contributed by atoms with Crippen molar-refractivity contribution in [3.8, 4) is 0 Å². The van der Waals surface area contributed by atoms with Crippen molar-refractivity contribution in [3.63, 3.8) is 0 Å². The minimum Gasteiger partial charge on any atom is -0.481 e. The van der Waals surface area contributed by atoms with Crippen molar-refractivity contribution in [3.05, 3.63) is 48.0 Å². The zero-order valence-corrected chi connectivity index (χ0v) is 12.0. The lowest BCUT2D eigenvalue weighted by atomic mass is 9.77. The molecule has 1 aromatic carbocycles. The minimum absolute atomic E-state index is 0.0878. The molecular formula is C17H17NO4. The summed E-state index contributed by atoms with van der Waals surface area (Å²) < 4.78 is 5.86. The summed E-state index contributed by atoms with van der Waals surface area (Å²) >= 11 is 0. The average molecular weight is 299 g/mol. The van der Waals surface area contributed by atoms with Gasteiger partial charge in [0.1, 0.15) is 11.5 Å². The number of benzene rings is 1. The third-order valence-corrected chi connectivity index (χ3v) is 4.98. The first kappa shape index (κ1) is 13.5. The standard InChI is InChI=1S/C17H17NO4/c19-15-14-13(16(20)21)12-6-8-17(14,22-12)10-18(15)9-7-11-4-2-1-3-5-11/h1-6,8,12-14H,7,9-10H2,(H,20,21)/t12-,13+,14+,17+/m1/s1. The number of hydrogen-bond donors (Lipinski definition) is 1. The van der Waals surface area contributed by atoms with Gasteiger partial charge in [-0.25, -0.2) is 0 Å². The fourth-order valence-corrected chi connectivity index (χ4v) is 3.96. The van der Waals surface area contributed by atoms with Crippen molar-refractivity contribution < 1.29 is 19.4 Å². The maximum atomic E-state index is 12.7. The van der Waals surface area contributed by atoms with Crippen molar-refractivity contribution >= 4 is 11.9 Å². The second kappa shape index (κ2) is 4.68. The predicted octanol–water partition coefficient (Wildman–Crippen LogP) is 1.10. The van der Waals surface area contributed by atoms with Crippen LogP contribution in [0.3, 0.4) is 0 Å². The van der Waals surface area contributed by atoms with Gasteiger partial charge in [-0.2, -0.15) is 0 Å². The number of carboxylic acids is 1. The van der Waals surface area contributed by atoms with Crippen LogP contribution < -0.4 is 0 Å². The Hall–Kier alpha value is -2.14. The molecule has 2 fully saturated rings. The number of amides is 1. The number of ether oxygens (including phenoxy) is 1. The monoisotopic (exact) mass is 299 g/mol. The fraction of sp³-hybridized carbons (Fsp3) is 0.412. The summed E-state index contributed by atoms with van der Waals surface area (Å²) in [6.45, 7) is 1.05. The van der Waals surface area contributed by atoms with Crippen LogP contribution in [0.4, 0.5) is 0 Å². The lowest BCUT2D eigenvalue weighted by Gasteiger charge is -2.21. The second-order valence-electron chi connectivity index (χ2n) is 6.23. The van der Waals surface area contributed by atoms with E-state index >= 15 is 0 Å². The molecule has 22 heavy (non-hydrogen) atoms. The third-order valence-electron chi connectivity index (χ3n) is 4.98. The molecular weight excluding hydrogens is 282 g/mol. The molecule has 4 rings (SSSR count). The summed E-state index contributed by atoms with van der Waals surface area (Å²) in [5.74, 6) is -2.36. The zero-order valence-electron chi connectivity index (χ0n) is 12.0. The van der Waals surface area contributed by atoms with Crippen LogP contribution in [0.2, 0.25) is 0 Å². The van der Waals surface area contributed by atoms with Gasteiger partial charge in [-0.05, 0) is 12.0 Å². The number of likely N-dealkylation sites (tertiary alicyclic amines) is 1. The highest BCUT2D eigenvalue weighted by molar-refractivity contribution is 5.90. The number of rotatable bonds is 4. The molecule has 2 bridgehead atoms. The summed E-state index contributed by atoms with van der Waals surface area (Å²) in [5.41, 5.74) is 0.446. The molecule has 4 atom stereocenters. The highest BCUT2D eigenvalue weighted by Gasteiger charge is 2.66. The molecule has 3 aliphatic rings. The van der Waals surface area contributed by atoms with Gasteiger partial charge >= 0.3 is 5.97 Å². The van der Waals surface area contributed by atoms with E-state index < -0.39 is 29.5 Å². The summed E-state index contributed by atoms with van der Waals surface area (Å²) in [7, 11) is 0. The SMILES string of the molecule is O=C(O)[C@@H]1[C@H]2C(=O)N(CCc3ccccc3)C[C@@]23C=C[C@H]1O3. The Morgan fingerprint density at radius 3 is 2.86 bits per heavy atom. The van der Waals surface area contributed by atoms with Crippen LogP contribution >= 0.6 is 0 Å². The first-order valence-electron chi connectivity index (χ1n) is 7.53. The van der Waals surface area contributed by atoms with Crippen LogP contribution in [-0.4, -0.2) is 46.7 Å². The van der Waals surface area contributed by atoms with Gasteiger partial charge in [0.05, 0.1) is 18.6 Å². The Labute approximate surface area is 128 Å². The highest BCUT2D eigenvalue weighted by atomic mass is 16.5. The first-order chi connectivity index (χ1) is 10.6. The summed E-state index contributed by atoms with van der Waals surface area (Å²) in [4.78, 5) is 25.9. The molecule has 1 aromatic rings. The lowest BCUT2D eigenvalue weighted by molar-refractivity contribution is -0.148. The van der Waals surface area contributed by atoms with Crippen molar-refractivity contribution in [2.45, 2.75) is 18.1 Å². The van der Waals surface area contributed by atoms with Gasteiger partial charge in [0.15, 0.2) is 0 Å². The van der Waals surface area contributed by atoms with Gasteiger partial charge < -0.3 is 14.7 Å². The van der Waals surface area contributed by atoms with E-state index in [0.29, 0.717) is 13.1 Å². The minimum atomic E-state index is -0.945. The second-order valence-corrected chi connectivity index (χ2v) is 6.23. The summed E-state index contributed by atoms with van der Waals surface area (Å²) in [6, 6.07) is 9.97. The molecule has 1 N–H and O–H groups in total. The number of carbonyl (C=O) groups excluding carboxylic acids is 1. The van der Waals surface area contributed by atoms with Crippen molar-refractivity contribution in [1.29, 1.82) is 0 Å². The maximum absolute atomic E-state index is 12.7. The molecule has 0 saturated carbocycles. The number of nitrogens with zero attached hydrogens (tertiary/aromatic N) is 1. The van der Waals surface area contributed by atoms with Crippen LogP contribution in [0, 0.1) is 11.8 Å². The number of aliphatic carboxylic acids is 1. The zero-order chi connectivity index (χ0) is 15.3. The Balaban J connectivity index is 1.53. The van der Waals surface area contributed by atoms with E-state index in [0.717, 1.165) is 6.42 Å². The third kappa shape index (κ3) is 1.82. The van der Waals surface area contributed by atoms with Gasteiger partial charge in [-0.15, -0.1) is 0 Å². The molecule has 0 aromatic heterocycles. The topological polar surface area (TPSA) is 66.8 Å². The van der Waals surface area contributed by atoms with E-state index in [2.05, 4.69) is 0 Å². The molecule has 2 saturated heterocycles. The quantitative estimate of drug-likeness (QED) is 0.845. The molecule has 5 nitrogen and oxygen atoms in total. The average Bonchev–Trinajstić information content (AvgIpc) is 3.14. The van der Waals surface area contributed by atoms with Crippen molar-refractivity contribution in [2.75, 3.05) is 13.1 Å². The van der Waals surface area contributed by atoms with Crippen molar-refractivity contribution in [1.82, 2.24) is 4.90 Å². The highest BCUT2D eigenvalue weighted by Crippen LogP contribution is 2.51. The van der Waals surface area contributed by atoms with Gasteiger partial charge in [0, 0.05) is 6.54 Å². The van der Waals surface area contributed by atoms with Gasteiger partial charge in [-0.1, -0.05) is 42.5 Å². The van der Waals surface area contributed by atoms with Gasteiger partial charge in [-0.3, -0.25) is 9.59 Å². The van der Waals surface area contributed by atoms with E-state index in [1.807, 2.05) is 36.4 Å². The molecule has 1 amide bonds. The molecule has 0 aliphatic carbocycles.